The fraction of sp³-hybridized carbons (Fsp3) is 0.0714. The van der Waals surface area contributed by atoms with Crippen LogP contribution in [0.3, 0.4) is 0 Å². The van der Waals surface area contributed by atoms with E-state index in [0.29, 0.717) is 4.47 Å². The molecule has 0 aromatic heterocycles. The second-order valence-electron chi connectivity index (χ2n) is 3.96. The van der Waals surface area contributed by atoms with Gasteiger partial charge in [-0.25, -0.2) is 4.39 Å². The molecule has 0 aliphatic carbocycles. The fourth-order valence-corrected chi connectivity index (χ4v) is 2.14. The molecule has 0 saturated heterocycles. The van der Waals surface area contributed by atoms with Gasteiger partial charge in [0.2, 0.25) is 0 Å². The molecule has 110 valence electrons. The highest BCUT2D eigenvalue weighted by Gasteiger charge is 2.18. The van der Waals surface area contributed by atoms with Crippen LogP contribution >= 0.6 is 27.5 Å². The van der Waals surface area contributed by atoms with E-state index in [4.69, 9.17) is 11.6 Å². The van der Waals surface area contributed by atoms with Gasteiger partial charge in [0.1, 0.15) is 5.75 Å². The summed E-state index contributed by atoms with van der Waals surface area (Å²) in [5.74, 6) is -1.74. The zero-order chi connectivity index (χ0) is 15.6. The minimum atomic E-state index is -3.01. The third kappa shape index (κ3) is 3.57. The second kappa shape index (κ2) is 6.49. The lowest BCUT2D eigenvalue weighted by Crippen LogP contribution is -2.07. The van der Waals surface area contributed by atoms with Crippen molar-refractivity contribution in [3.8, 4) is 5.75 Å². The van der Waals surface area contributed by atoms with E-state index in [1.807, 2.05) is 0 Å². The number of hydrogen-bond donors (Lipinski definition) is 0. The van der Waals surface area contributed by atoms with Gasteiger partial charge in [-0.05, 0) is 40.2 Å². The average Bonchev–Trinajstić information content (AvgIpc) is 2.44. The number of benzene rings is 2. The standard InChI is InChI=1S/C14H7BrClF3O2/c15-10-5-4-9(12(17)11(10)16)13(20)7-2-1-3-8(6-7)21-14(18)19/h1-6,14H. The van der Waals surface area contributed by atoms with Crippen molar-refractivity contribution >= 4 is 33.3 Å². The number of hydrogen-bond acceptors (Lipinski definition) is 2. The number of carbonyl (C=O) groups excluding carboxylic acids is 1. The summed E-state index contributed by atoms with van der Waals surface area (Å²) in [6.07, 6.45) is 0. The second-order valence-corrected chi connectivity index (χ2v) is 5.19. The summed E-state index contributed by atoms with van der Waals surface area (Å²) >= 11 is 8.75. The van der Waals surface area contributed by atoms with E-state index in [-0.39, 0.29) is 21.9 Å². The Hall–Kier alpha value is -1.53. The Morgan fingerprint density at radius 2 is 1.95 bits per heavy atom. The van der Waals surface area contributed by atoms with Crippen LogP contribution in [0.4, 0.5) is 13.2 Å². The molecule has 0 radical (unpaired) electrons. The Bertz CT molecular complexity index is 692. The summed E-state index contributed by atoms with van der Waals surface area (Å²) in [4.78, 5) is 12.2. The van der Waals surface area contributed by atoms with Gasteiger partial charge in [-0.2, -0.15) is 8.78 Å². The van der Waals surface area contributed by atoms with E-state index in [1.54, 1.807) is 0 Å². The third-order valence-corrected chi connectivity index (χ3v) is 3.86. The molecule has 0 unspecified atom stereocenters. The smallest absolute Gasteiger partial charge is 0.387 e. The maximum absolute atomic E-state index is 14.0. The van der Waals surface area contributed by atoms with Crippen LogP contribution in [0.15, 0.2) is 40.9 Å². The number of halogens is 5. The van der Waals surface area contributed by atoms with Crippen molar-refractivity contribution < 1.29 is 22.7 Å². The first-order valence-electron chi connectivity index (χ1n) is 5.63. The Balaban J connectivity index is 2.39. The summed E-state index contributed by atoms with van der Waals surface area (Å²) in [6.45, 7) is -3.01. The van der Waals surface area contributed by atoms with E-state index >= 15 is 0 Å². The minimum absolute atomic E-state index is 0.0189. The molecule has 2 nitrogen and oxygen atoms in total. The number of ether oxygens (including phenoxy) is 1. The normalized spacial score (nSPS) is 10.8. The lowest BCUT2D eigenvalue weighted by molar-refractivity contribution is -0.0498. The summed E-state index contributed by atoms with van der Waals surface area (Å²) in [5, 5.41) is -0.221. The molecule has 0 aliphatic rings. The van der Waals surface area contributed by atoms with Crippen molar-refractivity contribution in [1.82, 2.24) is 0 Å². The van der Waals surface area contributed by atoms with Gasteiger partial charge >= 0.3 is 6.61 Å². The molecule has 2 aromatic carbocycles. The van der Waals surface area contributed by atoms with Crippen LogP contribution in [0, 0.1) is 5.82 Å². The number of carbonyl (C=O) groups is 1. The van der Waals surface area contributed by atoms with Crippen molar-refractivity contribution in [2.45, 2.75) is 6.61 Å². The molecule has 2 rings (SSSR count). The van der Waals surface area contributed by atoms with Crippen LogP contribution < -0.4 is 4.74 Å². The van der Waals surface area contributed by atoms with Gasteiger partial charge in [-0.3, -0.25) is 4.79 Å². The van der Waals surface area contributed by atoms with Gasteiger partial charge in [0.05, 0.1) is 10.6 Å². The van der Waals surface area contributed by atoms with Crippen LogP contribution in [0.5, 0.6) is 5.75 Å². The van der Waals surface area contributed by atoms with Crippen LogP contribution in [0.2, 0.25) is 5.02 Å². The lowest BCUT2D eigenvalue weighted by atomic mass is 10.0. The Labute approximate surface area is 131 Å². The van der Waals surface area contributed by atoms with Crippen molar-refractivity contribution in [2.75, 3.05) is 0 Å². The summed E-state index contributed by atoms with van der Waals surface area (Å²) in [5.41, 5.74) is -0.233. The van der Waals surface area contributed by atoms with Gasteiger partial charge in [0.25, 0.3) is 0 Å². The quantitative estimate of drug-likeness (QED) is 0.547. The molecule has 0 aliphatic heterocycles. The lowest BCUT2D eigenvalue weighted by Gasteiger charge is -2.08. The zero-order valence-corrected chi connectivity index (χ0v) is 12.6. The van der Waals surface area contributed by atoms with E-state index in [9.17, 15) is 18.0 Å². The first kappa shape index (κ1) is 15.9. The average molecular weight is 380 g/mol. The highest BCUT2D eigenvalue weighted by molar-refractivity contribution is 9.10. The number of ketones is 1. The largest absolute Gasteiger partial charge is 0.435 e. The first-order valence-corrected chi connectivity index (χ1v) is 6.80. The molecule has 21 heavy (non-hydrogen) atoms. The molecule has 0 saturated carbocycles. The Kier molecular flexibility index (Phi) is 4.90. The Morgan fingerprint density at radius 3 is 2.62 bits per heavy atom. The summed E-state index contributed by atoms with van der Waals surface area (Å²) in [6, 6.07) is 7.81. The van der Waals surface area contributed by atoms with Gasteiger partial charge < -0.3 is 4.74 Å². The number of rotatable bonds is 4. The van der Waals surface area contributed by atoms with Crippen LogP contribution in [0.1, 0.15) is 15.9 Å². The molecule has 2 aromatic rings. The predicted molar refractivity (Wildman–Crippen MR) is 75.6 cm³/mol. The maximum atomic E-state index is 14.0. The topological polar surface area (TPSA) is 26.3 Å². The van der Waals surface area contributed by atoms with Crippen molar-refractivity contribution in [3.05, 3.63) is 62.8 Å². The van der Waals surface area contributed by atoms with E-state index in [2.05, 4.69) is 20.7 Å². The fourth-order valence-electron chi connectivity index (χ4n) is 1.67. The van der Waals surface area contributed by atoms with Gasteiger partial charge in [0, 0.05) is 10.0 Å². The molecule has 0 bridgehead atoms. The first-order chi connectivity index (χ1) is 9.90. The predicted octanol–water partition coefficient (Wildman–Crippen LogP) is 5.07. The SMILES string of the molecule is O=C(c1cccc(OC(F)F)c1)c1ccc(Br)c(Cl)c1F. The molecule has 0 heterocycles. The monoisotopic (exact) mass is 378 g/mol. The minimum Gasteiger partial charge on any atom is -0.435 e. The van der Waals surface area contributed by atoms with Crippen molar-refractivity contribution in [2.24, 2.45) is 0 Å². The van der Waals surface area contributed by atoms with E-state index in [0.717, 1.165) is 6.07 Å². The molecule has 0 atom stereocenters. The van der Waals surface area contributed by atoms with Gasteiger partial charge in [-0.1, -0.05) is 23.7 Å². The highest BCUT2D eigenvalue weighted by atomic mass is 79.9. The zero-order valence-electron chi connectivity index (χ0n) is 10.2. The van der Waals surface area contributed by atoms with Gasteiger partial charge in [-0.15, -0.1) is 0 Å². The highest BCUT2D eigenvalue weighted by Crippen LogP contribution is 2.29. The molecule has 0 amide bonds. The van der Waals surface area contributed by atoms with Crippen molar-refractivity contribution in [3.63, 3.8) is 0 Å². The van der Waals surface area contributed by atoms with Crippen LogP contribution in [-0.4, -0.2) is 12.4 Å². The Morgan fingerprint density at radius 1 is 1.24 bits per heavy atom. The van der Waals surface area contributed by atoms with E-state index in [1.165, 1.54) is 30.3 Å². The third-order valence-electron chi connectivity index (χ3n) is 2.60. The summed E-state index contributed by atoms with van der Waals surface area (Å²) < 4.78 is 42.8. The van der Waals surface area contributed by atoms with Crippen molar-refractivity contribution in [1.29, 1.82) is 0 Å². The maximum Gasteiger partial charge on any atom is 0.387 e. The van der Waals surface area contributed by atoms with Crippen LogP contribution in [-0.2, 0) is 0 Å². The molecular formula is C14H7BrClF3O2. The van der Waals surface area contributed by atoms with Crippen LogP contribution in [0.25, 0.3) is 0 Å². The summed E-state index contributed by atoms with van der Waals surface area (Å²) in [7, 11) is 0. The molecule has 0 N–H and O–H groups in total. The van der Waals surface area contributed by atoms with E-state index < -0.39 is 18.2 Å². The van der Waals surface area contributed by atoms with Gasteiger partial charge in [0.15, 0.2) is 11.6 Å². The number of alkyl halides is 2. The molecule has 0 fully saturated rings. The molecular weight excluding hydrogens is 373 g/mol. The molecule has 0 spiro atoms. The molecule has 7 heteroatoms.